The molecule has 0 bridgehead atoms. The number of hydrogen-bond donors (Lipinski definition) is 0. The van der Waals surface area contributed by atoms with Crippen LogP contribution < -0.4 is 4.74 Å². The molecule has 0 fully saturated rings. The zero-order valence-electron chi connectivity index (χ0n) is 12.7. The molecule has 0 spiro atoms. The maximum Gasteiger partial charge on any atom is 0.337 e. The van der Waals surface area contributed by atoms with E-state index in [2.05, 4.69) is 11.7 Å². The smallest absolute Gasteiger partial charge is 0.337 e. The number of rotatable bonds is 6. The third-order valence-electron chi connectivity index (χ3n) is 3.33. The third-order valence-corrected chi connectivity index (χ3v) is 3.33. The van der Waals surface area contributed by atoms with E-state index in [4.69, 9.17) is 4.74 Å². The SMILES string of the molecule is CCc1ccc(C(=O)COc2ccc(C(=O)OC)cc2)cc1. The fourth-order valence-corrected chi connectivity index (χ4v) is 1.96. The number of benzene rings is 2. The highest BCUT2D eigenvalue weighted by atomic mass is 16.5. The molecule has 4 nitrogen and oxygen atoms in total. The van der Waals surface area contributed by atoms with Crippen molar-refractivity contribution in [1.82, 2.24) is 0 Å². The van der Waals surface area contributed by atoms with Gasteiger partial charge in [-0.25, -0.2) is 4.79 Å². The topological polar surface area (TPSA) is 52.6 Å². The number of carbonyl (C=O) groups excluding carboxylic acids is 2. The average Bonchev–Trinajstić information content (AvgIpc) is 2.59. The van der Waals surface area contributed by atoms with Gasteiger partial charge >= 0.3 is 5.97 Å². The van der Waals surface area contributed by atoms with E-state index in [1.165, 1.54) is 12.7 Å². The summed E-state index contributed by atoms with van der Waals surface area (Å²) in [5.41, 5.74) is 2.26. The molecule has 0 heterocycles. The lowest BCUT2D eigenvalue weighted by Gasteiger charge is -2.07. The Morgan fingerprint density at radius 1 is 0.909 bits per heavy atom. The molecule has 0 aliphatic rings. The fourth-order valence-electron chi connectivity index (χ4n) is 1.96. The van der Waals surface area contributed by atoms with Crippen LogP contribution in [0, 0.1) is 0 Å². The predicted molar refractivity (Wildman–Crippen MR) is 83.4 cm³/mol. The molecule has 0 saturated heterocycles. The van der Waals surface area contributed by atoms with E-state index in [1.807, 2.05) is 24.3 Å². The van der Waals surface area contributed by atoms with Crippen LogP contribution in [0.3, 0.4) is 0 Å². The second kappa shape index (κ2) is 7.41. The summed E-state index contributed by atoms with van der Waals surface area (Å²) in [6, 6.07) is 14.0. The van der Waals surface area contributed by atoms with Gasteiger partial charge in [0, 0.05) is 5.56 Å². The highest BCUT2D eigenvalue weighted by Gasteiger charge is 2.08. The molecule has 0 aliphatic heterocycles. The summed E-state index contributed by atoms with van der Waals surface area (Å²) >= 11 is 0. The molecular weight excluding hydrogens is 280 g/mol. The minimum Gasteiger partial charge on any atom is -0.485 e. The first-order valence-electron chi connectivity index (χ1n) is 7.07. The third kappa shape index (κ3) is 3.95. The van der Waals surface area contributed by atoms with Gasteiger partial charge in [0.1, 0.15) is 5.75 Å². The van der Waals surface area contributed by atoms with E-state index in [1.54, 1.807) is 24.3 Å². The van der Waals surface area contributed by atoms with E-state index in [-0.39, 0.29) is 12.4 Å². The van der Waals surface area contributed by atoms with Crippen molar-refractivity contribution in [3.63, 3.8) is 0 Å². The Kier molecular flexibility index (Phi) is 5.31. The van der Waals surface area contributed by atoms with Crippen molar-refractivity contribution in [1.29, 1.82) is 0 Å². The molecule has 0 aliphatic carbocycles. The highest BCUT2D eigenvalue weighted by Crippen LogP contribution is 2.14. The molecule has 2 aromatic rings. The molecule has 0 atom stereocenters. The lowest BCUT2D eigenvalue weighted by Crippen LogP contribution is -2.11. The van der Waals surface area contributed by atoms with Crippen LogP contribution in [0.25, 0.3) is 0 Å². The first-order valence-corrected chi connectivity index (χ1v) is 7.07. The molecule has 2 rings (SSSR count). The Morgan fingerprint density at radius 2 is 1.50 bits per heavy atom. The summed E-state index contributed by atoms with van der Waals surface area (Å²) in [5.74, 6) is 0.0459. The largest absolute Gasteiger partial charge is 0.485 e. The standard InChI is InChI=1S/C18H18O4/c1-3-13-4-6-14(7-5-13)17(19)12-22-16-10-8-15(9-11-16)18(20)21-2/h4-11H,3,12H2,1-2H3. The molecule has 2 aromatic carbocycles. The van der Waals surface area contributed by atoms with Crippen LogP contribution in [0.15, 0.2) is 48.5 Å². The van der Waals surface area contributed by atoms with Crippen molar-refractivity contribution in [3.05, 3.63) is 65.2 Å². The summed E-state index contributed by atoms with van der Waals surface area (Å²) in [6.07, 6.45) is 0.942. The average molecular weight is 298 g/mol. The van der Waals surface area contributed by atoms with Crippen molar-refractivity contribution >= 4 is 11.8 Å². The molecule has 114 valence electrons. The van der Waals surface area contributed by atoms with Gasteiger partial charge < -0.3 is 9.47 Å². The molecule has 0 radical (unpaired) electrons. The molecule has 0 amide bonds. The van der Waals surface area contributed by atoms with Crippen LogP contribution in [0.2, 0.25) is 0 Å². The molecule has 4 heteroatoms. The van der Waals surface area contributed by atoms with Crippen LogP contribution in [0.5, 0.6) is 5.75 Å². The van der Waals surface area contributed by atoms with Gasteiger partial charge in [0.15, 0.2) is 12.4 Å². The molecule has 0 aromatic heterocycles. The van der Waals surface area contributed by atoms with Crippen molar-refractivity contribution in [2.45, 2.75) is 13.3 Å². The number of Topliss-reactive ketones (excluding diaryl/α,β-unsaturated/α-hetero) is 1. The summed E-state index contributed by atoms with van der Waals surface area (Å²) in [7, 11) is 1.33. The normalized spacial score (nSPS) is 10.1. The van der Waals surface area contributed by atoms with Crippen LogP contribution in [-0.2, 0) is 11.2 Å². The van der Waals surface area contributed by atoms with Gasteiger partial charge in [-0.1, -0.05) is 31.2 Å². The number of methoxy groups -OCH3 is 1. The van der Waals surface area contributed by atoms with Crippen LogP contribution in [-0.4, -0.2) is 25.5 Å². The molecule has 0 saturated carbocycles. The minimum absolute atomic E-state index is 0.0386. The minimum atomic E-state index is -0.404. The lowest BCUT2D eigenvalue weighted by molar-refractivity contribution is 0.0600. The maximum absolute atomic E-state index is 12.0. The van der Waals surface area contributed by atoms with E-state index in [0.717, 1.165) is 6.42 Å². The van der Waals surface area contributed by atoms with Gasteiger partial charge in [-0.05, 0) is 36.2 Å². The second-order valence-corrected chi connectivity index (χ2v) is 4.78. The number of ether oxygens (including phenoxy) is 2. The number of esters is 1. The predicted octanol–water partition coefficient (Wildman–Crippen LogP) is 3.30. The Labute approximate surface area is 129 Å². The van der Waals surface area contributed by atoms with Gasteiger partial charge in [0.2, 0.25) is 0 Å². The highest BCUT2D eigenvalue weighted by molar-refractivity contribution is 5.97. The van der Waals surface area contributed by atoms with Crippen LogP contribution >= 0.6 is 0 Å². The van der Waals surface area contributed by atoms with Gasteiger partial charge in [-0.2, -0.15) is 0 Å². The van der Waals surface area contributed by atoms with Crippen molar-refractivity contribution in [2.24, 2.45) is 0 Å². The molecule has 0 unspecified atom stereocenters. The molecule has 22 heavy (non-hydrogen) atoms. The molecular formula is C18H18O4. The van der Waals surface area contributed by atoms with Gasteiger partial charge in [-0.3, -0.25) is 4.79 Å². The first kappa shape index (κ1) is 15.8. The number of ketones is 1. The Balaban J connectivity index is 1.94. The van der Waals surface area contributed by atoms with Crippen molar-refractivity contribution in [2.75, 3.05) is 13.7 Å². The number of aryl methyl sites for hydroxylation is 1. The number of carbonyl (C=O) groups is 2. The summed E-state index contributed by atoms with van der Waals surface area (Å²) in [6.45, 7) is 2.03. The zero-order chi connectivity index (χ0) is 15.9. The molecule has 0 N–H and O–H groups in total. The lowest BCUT2D eigenvalue weighted by atomic mass is 10.1. The summed E-state index contributed by atoms with van der Waals surface area (Å²) in [4.78, 5) is 23.4. The van der Waals surface area contributed by atoms with E-state index in [9.17, 15) is 9.59 Å². The second-order valence-electron chi connectivity index (χ2n) is 4.78. The Bertz CT molecular complexity index is 642. The van der Waals surface area contributed by atoms with Gasteiger partial charge in [0.25, 0.3) is 0 Å². The summed E-state index contributed by atoms with van der Waals surface area (Å²) in [5, 5.41) is 0. The maximum atomic E-state index is 12.0. The van der Waals surface area contributed by atoms with Crippen LogP contribution in [0.1, 0.15) is 33.2 Å². The zero-order valence-corrected chi connectivity index (χ0v) is 12.7. The Hall–Kier alpha value is -2.62. The van der Waals surface area contributed by atoms with Crippen molar-refractivity contribution in [3.8, 4) is 5.75 Å². The van der Waals surface area contributed by atoms with E-state index in [0.29, 0.717) is 16.9 Å². The Morgan fingerprint density at radius 3 is 2.05 bits per heavy atom. The number of hydrogen-bond acceptors (Lipinski definition) is 4. The van der Waals surface area contributed by atoms with Crippen LogP contribution in [0.4, 0.5) is 0 Å². The first-order chi connectivity index (χ1) is 10.6. The van der Waals surface area contributed by atoms with Gasteiger partial charge in [0.05, 0.1) is 12.7 Å². The van der Waals surface area contributed by atoms with E-state index < -0.39 is 5.97 Å². The monoisotopic (exact) mass is 298 g/mol. The summed E-state index contributed by atoms with van der Waals surface area (Å²) < 4.78 is 10.1. The van der Waals surface area contributed by atoms with Gasteiger partial charge in [-0.15, -0.1) is 0 Å². The fraction of sp³-hybridized carbons (Fsp3) is 0.222. The van der Waals surface area contributed by atoms with E-state index >= 15 is 0 Å². The quantitative estimate of drug-likeness (QED) is 0.606. The van der Waals surface area contributed by atoms with Crippen molar-refractivity contribution < 1.29 is 19.1 Å².